The number of rotatable bonds is 6. The highest BCUT2D eigenvalue weighted by molar-refractivity contribution is 6.30. The Morgan fingerprint density at radius 2 is 1.89 bits per heavy atom. The predicted octanol–water partition coefficient (Wildman–Crippen LogP) is 4.36. The fourth-order valence-electron chi connectivity index (χ4n) is 5.77. The third-order valence-corrected chi connectivity index (χ3v) is 7.62. The van der Waals surface area contributed by atoms with Crippen LogP contribution in [0.1, 0.15) is 28.9 Å². The van der Waals surface area contributed by atoms with E-state index in [-0.39, 0.29) is 12.0 Å². The van der Waals surface area contributed by atoms with Crippen molar-refractivity contribution in [2.75, 3.05) is 0 Å². The molecule has 0 radical (unpaired) electrons. The maximum absolute atomic E-state index is 14.0. The molecule has 0 aliphatic carbocycles. The van der Waals surface area contributed by atoms with E-state index in [0.717, 1.165) is 33.2 Å². The van der Waals surface area contributed by atoms with Gasteiger partial charge in [0.05, 0.1) is 10.9 Å². The van der Waals surface area contributed by atoms with Gasteiger partial charge < -0.3 is 14.9 Å². The molecule has 0 saturated heterocycles. The van der Waals surface area contributed by atoms with E-state index in [1.54, 1.807) is 46.8 Å². The molecule has 1 amide bonds. The zero-order valence-corrected chi connectivity index (χ0v) is 21.2. The van der Waals surface area contributed by atoms with Crippen molar-refractivity contribution in [1.29, 1.82) is 0 Å². The van der Waals surface area contributed by atoms with Gasteiger partial charge in [-0.3, -0.25) is 9.59 Å². The van der Waals surface area contributed by atoms with Gasteiger partial charge in [0.1, 0.15) is 18.0 Å². The highest BCUT2D eigenvalue weighted by Gasteiger charge is 2.43. The fraction of sp³-hybridized carbons (Fsp3) is 0.172. The van der Waals surface area contributed by atoms with Crippen molar-refractivity contribution in [2.45, 2.75) is 24.8 Å². The number of benzene rings is 3. The predicted molar refractivity (Wildman–Crippen MR) is 143 cm³/mol. The molecular formula is C29H23ClFN5O2. The molecule has 1 aliphatic heterocycles. The van der Waals surface area contributed by atoms with Crippen LogP contribution in [0, 0.1) is 5.82 Å². The van der Waals surface area contributed by atoms with Crippen molar-refractivity contribution in [3.05, 3.63) is 117 Å². The van der Waals surface area contributed by atoms with Gasteiger partial charge in [0.2, 0.25) is 5.91 Å². The van der Waals surface area contributed by atoms with E-state index >= 15 is 0 Å². The standard InChI is InChI=1S/C29H23ClFN5O2/c1-35-16-33-34-28(35)29(15-25(32)37,19-5-7-22(31)8-6-19)20-11-18-9-10-36-26(38)14-23(24(13-20)27(18)36)17-3-2-4-21(30)12-17/h2-8,11-14,16H,9-10,15H2,1H3,(H2,32,37). The normalized spacial score (nSPS) is 14.1. The van der Waals surface area contributed by atoms with Gasteiger partial charge in [-0.15, -0.1) is 10.2 Å². The summed E-state index contributed by atoms with van der Waals surface area (Å²) in [5.41, 5.74) is 9.36. The van der Waals surface area contributed by atoms with Crippen LogP contribution in [0.3, 0.4) is 0 Å². The summed E-state index contributed by atoms with van der Waals surface area (Å²) in [5, 5.41) is 9.90. The molecule has 1 aliphatic rings. The molecule has 6 rings (SSSR count). The number of nitrogens with two attached hydrogens (primary N) is 1. The van der Waals surface area contributed by atoms with Crippen molar-refractivity contribution >= 4 is 28.4 Å². The van der Waals surface area contributed by atoms with Gasteiger partial charge in [-0.2, -0.15) is 0 Å². The smallest absolute Gasteiger partial charge is 0.251 e. The van der Waals surface area contributed by atoms with Gasteiger partial charge in [-0.1, -0.05) is 41.9 Å². The van der Waals surface area contributed by atoms with Gasteiger partial charge >= 0.3 is 0 Å². The Bertz CT molecular complexity index is 1790. The average molecular weight is 528 g/mol. The highest BCUT2D eigenvalue weighted by Crippen LogP contribution is 2.44. The molecule has 2 N–H and O–H groups in total. The lowest BCUT2D eigenvalue weighted by molar-refractivity contribution is -0.118. The lowest BCUT2D eigenvalue weighted by Crippen LogP contribution is -2.37. The number of pyridine rings is 1. The van der Waals surface area contributed by atoms with E-state index in [0.29, 0.717) is 29.4 Å². The molecular weight excluding hydrogens is 505 g/mol. The SMILES string of the molecule is Cn1cnnc1C(CC(N)=O)(c1ccc(F)cc1)c1cc2c3c(c1)c(-c1cccc(Cl)c1)cc(=O)n3CC2. The Labute approximate surface area is 222 Å². The van der Waals surface area contributed by atoms with Crippen molar-refractivity contribution in [3.8, 4) is 11.1 Å². The minimum absolute atomic E-state index is 0.0887. The quantitative estimate of drug-likeness (QED) is 0.355. The summed E-state index contributed by atoms with van der Waals surface area (Å²) < 4.78 is 17.6. The molecule has 1 atom stereocenters. The summed E-state index contributed by atoms with van der Waals surface area (Å²) >= 11 is 6.32. The first-order valence-electron chi connectivity index (χ1n) is 12.1. The molecule has 3 heterocycles. The molecule has 190 valence electrons. The Kier molecular flexibility index (Phi) is 5.65. The first-order chi connectivity index (χ1) is 18.3. The number of carbonyl (C=O) groups is 1. The maximum Gasteiger partial charge on any atom is 0.251 e. The number of aryl methyl sites for hydroxylation is 3. The first-order valence-corrected chi connectivity index (χ1v) is 12.5. The summed E-state index contributed by atoms with van der Waals surface area (Å²) in [5.74, 6) is -0.456. The Morgan fingerprint density at radius 1 is 1.11 bits per heavy atom. The summed E-state index contributed by atoms with van der Waals surface area (Å²) in [7, 11) is 1.80. The molecule has 3 aromatic carbocycles. The number of primary amides is 1. The number of aromatic nitrogens is 4. The molecule has 38 heavy (non-hydrogen) atoms. The van der Waals surface area contributed by atoms with E-state index in [2.05, 4.69) is 10.2 Å². The maximum atomic E-state index is 14.0. The molecule has 7 nitrogen and oxygen atoms in total. The largest absolute Gasteiger partial charge is 0.370 e. The van der Waals surface area contributed by atoms with Crippen LogP contribution in [0.15, 0.2) is 77.9 Å². The minimum atomic E-state index is -1.16. The number of amides is 1. The summed E-state index contributed by atoms with van der Waals surface area (Å²) in [4.78, 5) is 25.8. The Morgan fingerprint density at radius 3 is 2.58 bits per heavy atom. The average Bonchev–Trinajstić information content (AvgIpc) is 3.52. The second-order valence-electron chi connectivity index (χ2n) is 9.66. The molecule has 5 aromatic rings. The molecule has 2 aromatic heterocycles. The van der Waals surface area contributed by atoms with Crippen molar-refractivity contribution in [1.82, 2.24) is 19.3 Å². The fourth-order valence-corrected chi connectivity index (χ4v) is 5.96. The lowest BCUT2D eigenvalue weighted by Gasteiger charge is -2.34. The number of nitrogens with zero attached hydrogens (tertiary/aromatic N) is 4. The number of hydrogen-bond acceptors (Lipinski definition) is 4. The van der Waals surface area contributed by atoms with Crippen molar-refractivity contribution < 1.29 is 9.18 Å². The van der Waals surface area contributed by atoms with Crippen LogP contribution in [0.25, 0.3) is 22.0 Å². The van der Waals surface area contributed by atoms with Crippen LogP contribution >= 0.6 is 11.6 Å². The van der Waals surface area contributed by atoms with E-state index in [1.165, 1.54) is 12.1 Å². The Hall–Kier alpha value is -4.30. The van der Waals surface area contributed by atoms with Crippen LogP contribution in [0.2, 0.25) is 5.02 Å². The number of carbonyl (C=O) groups excluding carboxylic acids is 1. The van der Waals surface area contributed by atoms with E-state index in [9.17, 15) is 14.0 Å². The molecule has 0 fully saturated rings. The first kappa shape index (κ1) is 24.1. The molecule has 0 bridgehead atoms. The number of hydrogen-bond donors (Lipinski definition) is 1. The van der Waals surface area contributed by atoms with Crippen LogP contribution in [0.4, 0.5) is 4.39 Å². The second-order valence-corrected chi connectivity index (χ2v) is 10.1. The molecule has 0 spiro atoms. The van der Waals surface area contributed by atoms with E-state index in [4.69, 9.17) is 17.3 Å². The number of halogens is 2. The van der Waals surface area contributed by atoms with Crippen LogP contribution in [-0.2, 0) is 30.2 Å². The second kappa shape index (κ2) is 8.92. The van der Waals surface area contributed by atoms with Gasteiger partial charge in [0, 0.05) is 36.5 Å². The zero-order valence-electron chi connectivity index (χ0n) is 20.5. The van der Waals surface area contributed by atoms with Crippen LogP contribution < -0.4 is 11.3 Å². The van der Waals surface area contributed by atoms with Gasteiger partial charge in [-0.05, 0) is 64.6 Å². The summed E-state index contributed by atoms with van der Waals surface area (Å²) in [6.45, 7) is 0.549. The summed E-state index contributed by atoms with van der Waals surface area (Å²) in [6.07, 6.45) is 2.08. The van der Waals surface area contributed by atoms with Crippen LogP contribution in [0.5, 0.6) is 0 Å². The van der Waals surface area contributed by atoms with E-state index in [1.807, 2.05) is 30.3 Å². The topological polar surface area (TPSA) is 95.8 Å². The lowest BCUT2D eigenvalue weighted by atomic mass is 9.70. The van der Waals surface area contributed by atoms with Crippen LogP contribution in [-0.4, -0.2) is 25.2 Å². The van der Waals surface area contributed by atoms with Crippen molar-refractivity contribution in [2.24, 2.45) is 12.8 Å². The summed E-state index contributed by atoms with van der Waals surface area (Å²) in [6, 6.07) is 19.0. The van der Waals surface area contributed by atoms with Gasteiger partial charge in [0.25, 0.3) is 5.56 Å². The van der Waals surface area contributed by atoms with Gasteiger partial charge in [-0.25, -0.2) is 4.39 Å². The highest BCUT2D eigenvalue weighted by atomic mass is 35.5. The Balaban J connectivity index is 1.75. The minimum Gasteiger partial charge on any atom is -0.370 e. The van der Waals surface area contributed by atoms with Crippen molar-refractivity contribution in [3.63, 3.8) is 0 Å². The molecule has 0 saturated carbocycles. The third kappa shape index (κ3) is 3.71. The zero-order chi connectivity index (χ0) is 26.6. The monoisotopic (exact) mass is 527 g/mol. The van der Waals surface area contributed by atoms with Gasteiger partial charge in [0.15, 0.2) is 0 Å². The molecule has 1 unspecified atom stereocenters. The van der Waals surface area contributed by atoms with E-state index < -0.39 is 17.1 Å². The third-order valence-electron chi connectivity index (χ3n) is 7.39. The molecule has 9 heteroatoms.